The summed E-state index contributed by atoms with van der Waals surface area (Å²) in [5, 5.41) is 12.5. The Morgan fingerprint density at radius 1 is 1.75 bits per heavy atom. The van der Waals surface area contributed by atoms with Crippen LogP contribution >= 0.6 is 0 Å². The maximum atomic E-state index is 11.4. The number of carbonyl (C=O) groups excluding carboxylic acids is 1. The normalized spacial score (nSPS) is 28.9. The quantitative estimate of drug-likeness (QED) is 0.425. The smallest absolute Gasteiger partial charge is 0.268 e. The Hall–Kier alpha value is -0.650. The minimum Gasteiger partial charge on any atom is -0.379 e. The van der Waals surface area contributed by atoms with Crippen molar-refractivity contribution in [2.24, 2.45) is 0 Å². The average molecular weight is 174 g/mol. The number of ether oxygens (including phenoxy) is 1. The molecule has 1 heterocycles. The highest BCUT2D eigenvalue weighted by Gasteiger charge is 2.42. The second-order valence-corrected chi connectivity index (χ2v) is 2.96. The van der Waals surface area contributed by atoms with E-state index in [9.17, 15) is 4.79 Å². The predicted molar refractivity (Wildman–Crippen MR) is 41.8 cm³/mol. The second-order valence-electron chi connectivity index (χ2n) is 2.96. The second kappa shape index (κ2) is 3.38. The summed E-state index contributed by atoms with van der Waals surface area (Å²) < 4.78 is 5.10. The third kappa shape index (κ3) is 1.43. The maximum Gasteiger partial charge on any atom is 0.268 e. The summed E-state index contributed by atoms with van der Waals surface area (Å²) in [6, 6.07) is 0. The molecule has 5 heteroatoms. The van der Waals surface area contributed by atoms with Crippen molar-refractivity contribution in [2.75, 3.05) is 27.3 Å². The highest BCUT2D eigenvalue weighted by atomic mass is 16.5. The van der Waals surface area contributed by atoms with Crippen molar-refractivity contribution >= 4 is 5.91 Å². The number of nitrogens with zero attached hydrogens (tertiary/aromatic N) is 1. The van der Waals surface area contributed by atoms with Gasteiger partial charge in [-0.15, -0.1) is 0 Å². The molecule has 0 aromatic carbocycles. The van der Waals surface area contributed by atoms with Gasteiger partial charge >= 0.3 is 0 Å². The van der Waals surface area contributed by atoms with E-state index in [2.05, 4.69) is 5.32 Å². The first-order chi connectivity index (χ1) is 5.62. The maximum absolute atomic E-state index is 11.4. The highest BCUT2D eigenvalue weighted by Crippen LogP contribution is 2.19. The van der Waals surface area contributed by atoms with Gasteiger partial charge in [-0.1, -0.05) is 0 Å². The van der Waals surface area contributed by atoms with E-state index in [1.165, 1.54) is 7.05 Å². The molecule has 1 amide bonds. The Morgan fingerprint density at radius 2 is 2.42 bits per heavy atom. The molecule has 0 aliphatic carbocycles. The fourth-order valence-corrected chi connectivity index (χ4v) is 1.35. The van der Waals surface area contributed by atoms with Crippen LogP contribution in [0.5, 0.6) is 0 Å². The van der Waals surface area contributed by atoms with Crippen molar-refractivity contribution in [2.45, 2.75) is 12.0 Å². The molecular weight excluding hydrogens is 160 g/mol. The molecule has 0 aromatic rings. The molecule has 2 N–H and O–H groups in total. The van der Waals surface area contributed by atoms with Crippen molar-refractivity contribution in [1.29, 1.82) is 0 Å². The van der Waals surface area contributed by atoms with E-state index in [0.717, 1.165) is 0 Å². The number of amides is 1. The molecule has 70 valence electrons. The van der Waals surface area contributed by atoms with Crippen LogP contribution in [0.4, 0.5) is 0 Å². The number of nitrogens with one attached hydrogen (secondary N) is 1. The van der Waals surface area contributed by atoms with Crippen LogP contribution in [0, 0.1) is 0 Å². The molecule has 12 heavy (non-hydrogen) atoms. The third-order valence-corrected chi connectivity index (χ3v) is 2.20. The number of rotatable bonds is 2. The lowest BCUT2D eigenvalue weighted by Crippen LogP contribution is -2.55. The van der Waals surface area contributed by atoms with Gasteiger partial charge < -0.3 is 10.1 Å². The number of hydrogen-bond acceptors (Lipinski definition) is 4. The Kier molecular flexibility index (Phi) is 2.66. The zero-order chi connectivity index (χ0) is 9.19. The van der Waals surface area contributed by atoms with Gasteiger partial charge in [0.2, 0.25) is 0 Å². The first-order valence-corrected chi connectivity index (χ1v) is 3.86. The molecule has 1 atom stereocenters. The van der Waals surface area contributed by atoms with Crippen LogP contribution in [-0.2, 0) is 9.53 Å². The van der Waals surface area contributed by atoms with Gasteiger partial charge in [-0.25, -0.2) is 5.06 Å². The number of carbonyl (C=O) groups is 1. The summed E-state index contributed by atoms with van der Waals surface area (Å²) >= 11 is 0. The highest BCUT2D eigenvalue weighted by molar-refractivity contribution is 5.85. The molecule has 1 aliphatic heterocycles. The molecule has 1 saturated heterocycles. The minimum atomic E-state index is -0.719. The number of likely N-dealkylation sites (N-methyl/N-ethyl adjacent to an activating group) is 2. The fraction of sp³-hybridized carbons (Fsp3) is 0.857. The monoisotopic (exact) mass is 174 g/mol. The molecular formula is C7H14N2O3. The summed E-state index contributed by atoms with van der Waals surface area (Å²) in [6.07, 6.45) is 0.604. The van der Waals surface area contributed by atoms with Crippen LogP contribution in [0.25, 0.3) is 0 Å². The zero-order valence-corrected chi connectivity index (χ0v) is 7.33. The molecule has 0 radical (unpaired) electrons. The molecule has 0 spiro atoms. The third-order valence-electron chi connectivity index (χ3n) is 2.20. The predicted octanol–water partition coefficient (Wildman–Crippen LogP) is -0.787. The summed E-state index contributed by atoms with van der Waals surface area (Å²) in [6.45, 7) is 0.883. The van der Waals surface area contributed by atoms with Crippen molar-refractivity contribution in [1.82, 2.24) is 10.4 Å². The van der Waals surface area contributed by atoms with Gasteiger partial charge in [-0.3, -0.25) is 10.0 Å². The fourth-order valence-electron chi connectivity index (χ4n) is 1.35. The largest absolute Gasteiger partial charge is 0.379 e. The van der Waals surface area contributed by atoms with Crippen molar-refractivity contribution in [3.05, 3.63) is 0 Å². The standard InChI is InChI=1S/C7H14N2O3/c1-8-7(3-4-12-5-7)6(10)9(2)11/h8,11H,3-5H2,1-2H3. The Balaban J connectivity index is 2.72. The van der Waals surface area contributed by atoms with Gasteiger partial charge in [0.25, 0.3) is 5.91 Å². The van der Waals surface area contributed by atoms with Crippen molar-refractivity contribution in [3.63, 3.8) is 0 Å². The number of hydroxylamine groups is 2. The summed E-state index contributed by atoms with van der Waals surface area (Å²) in [4.78, 5) is 11.4. The van der Waals surface area contributed by atoms with Crippen LogP contribution < -0.4 is 5.32 Å². The van der Waals surface area contributed by atoms with Gasteiger partial charge in [0.1, 0.15) is 5.54 Å². The summed E-state index contributed by atoms with van der Waals surface area (Å²) in [5.41, 5.74) is -0.719. The van der Waals surface area contributed by atoms with Crippen molar-refractivity contribution < 1.29 is 14.7 Å². The van der Waals surface area contributed by atoms with Gasteiger partial charge in [-0.05, 0) is 7.05 Å². The van der Waals surface area contributed by atoms with Crippen LogP contribution in [0.2, 0.25) is 0 Å². The van der Waals surface area contributed by atoms with Crippen molar-refractivity contribution in [3.8, 4) is 0 Å². The molecule has 0 saturated carbocycles. The Morgan fingerprint density at radius 3 is 2.75 bits per heavy atom. The number of hydrogen-bond donors (Lipinski definition) is 2. The van der Waals surface area contributed by atoms with E-state index in [4.69, 9.17) is 9.94 Å². The lowest BCUT2D eigenvalue weighted by Gasteiger charge is -2.27. The van der Waals surface area contributed by atoms with Crippen LogP contribution in [0.15, 0.2) is 0 Å². The van der Waals surface area contributed by atoms with Crippen LogP contribution in [-0.4, -0.2) is 49.0 Å². The molecule has 0 bridgehead atoms. The molecule has 1 unspecified atom stereocenters. The lowest BCUT2D eigenvalue weighted by atomic mass is 9.98. The molecule has 0 aromatic heterocycles. The first kappa shape index (κ1) is 9.44. The average Bonchev–Trinajstić information content (AvgIpc) is 2.52. The lowest BCUT2D eigenvalue weighted by molar-refractivity contribution is -0.167. The Labute approximate surface area is 71.3 Å². The van der Waals surface area contributed by atoms with E-state index in [0.29, 0.717) is 24.7 Å². The molecule has 1 aliphatic rings. The summed E-state index contributed by atoms with van der Waals surface area (Å²) in [7, 11) is 3.01. The van der Waals surface area contributed by atoms with Gasteiger partial charge in [0.15, 0.2) is 0 Å². The Bertz CT molecular complexity index is 175. The molecule has 5 nitrogen and oxygen atoms in total. The van der Waals surface area contributed by atoms with E-state index in [1.807, 2.05) is 0 Å². The van der Waals surface area contributed by atoms with Crippen LogP contribution in [0.1, 0.15) is 6.42 Å². The van der Waals surface area contributed by atoms with Gasteiger partial charge in [-0.2, -0.15) is 0 Å². The molecule has 1 rings (SSSR count). The zero-order valence-electron chi connectivity index (χ0n) is 7.33. The van der Waals surface area contributed by atoms with E-state index >= 15 is 0 Å². The van der Waals surface area contributed by atoms with E-state index < -0.39 is 5.54 Å². The summed E-state index contributed by atoms with van der Waals surface area (Å²) in [5.74, 6) is -0.345. The van der Waals surface area contributed by atoms with Crippen LogP contribution in [0.3, 0.4) is 0 Å². The minimum absolute atomic E-state index is 0.327. The van der Waals surface area contributed by atoms with Gasteiger partial charge in [0, 0.05) is 20.1 Å². The first-order valence-electron chi connectivity index (χ1n) is 3.86. The van der Waals surface area contributed by atoms with E-state index in [1.54, 1.807) is 7.05 Å². The topological polar surface area (TPSA) is 61.8 Å². The molecule has 1 fully saturated rings. The van der Waals surface area contributed by atoms with Gasteiger partial charge in [0.05, 0.1) is 6.61 Å². The SMILES string of the molecule is CNC1(C(=O)N(C)O)CCOC1. The van der Waals surface area contributed by atoms with E-state index in [-0.39, 0.29) is 5.91 Å².